The van der Waals surface area contributed by atoms with Gasteiger partial charge in [-0.3, -0.25) is 19.8 Å². The van der Waals surface area contributed by atoms with Crippen molar-refractivity contribution in [2.45, 2.75) is 20.8 Å². The zero-order valence-electron chi connectivity index (χ0n) is 14.9. The molecule has 134 valence electrons. The summed E-state index contributed by atoms with van der Waals surface area (Å²) in [6, 6.07) is 7.15. The molecule has 0 unspecified atom stereocenters. The van der Waals surface area contributed by atoms with E-state index >= 15 is 0 Å². The number of nitrogens with one attached hydrogen (secondary N) is 1. The Balaban J connectivity index is 2.06. The monoisotopic (exact) mass is 387 g/mol. The van der Waals surface area contributed by atoms with E-state index in [0.717, 1.165) is 22.5 Å². The lowest BCUT2D eigenvalue weighted by molar-refractivity contribution is -0.122. The molecule has 1 fully saturated rings. The molecule has 0 saturated carbocycles. The molecule has 1 aliphatic heterocycles. The standard InChI is InChI=1S/C19H18ClN3O2S/c1-10-5-6-14(9-16(10)20)23-18(25)15(17(24)21-19(23)26)8-13-7-11(2)22(4)12(13)3/h5-9H,1-4H3,(H,21,24,26)/b15-8+. The minimum absolute atomic E-state index is 0.0315. The molecule has 1 N–H and O–H groups in total. The fourth-order valence-corrected chi connectivity index (χ4v) is 3.25. The van der Waals surface area contributed by atoms with E-state index in [1.165, 1.54) is 4.90 Å². The van der Waals surface area contributed by atoms with Crippen LogP contribution in [0.2, 0.25) is 5.02 Å². The van der Waals surface area contributed by atoms with Crippen LogP contribution in [0, 0.1) is 20.8 Å². The first-order valence-corrected chi connectivity index (χ1v) is 8.80. The average Bonchev–Trinajstić information content (AvgIpc) is 2.81. The summed E-state index contributed by atoms with van der Waals surface area (Å²) in [5.74, 6) is -0.977. The van der Waals surface area contributed by atoms with E-state index in [4.69, 9.17) is 23.8 Å². The van der Waals surface area contributed by atoms with Gasteiger partial charge in [-0.2, -0.15) is 0 Å². The van der Waals surface area contributed by atoms with Crippen LogP contribution in [0.15, 0.2) is 29.8 Å². The highest BCUT2D eigenvalue weighted by atomic mass is 35.5. The molecule has 2 heterocycles. The molecule has 0 radical (unpaired) electrons. The zero-order valence-corrected chi connectivity index (χ0v) is 16.5. The van der Waals surface area contributed by atoms with E-state index in [2.05, 4.69) is 5.32 Å². The van der Waals surface area contributed by atoms with Gasteiger partial charge in [-0.1, -0.05) is 17.7 Å². The van der Waals surface area contributed by atoms with Gasteiger partial charge in [0.2, 0.25) is 0 Å². The Morgan fingerprint density at radius 2 is 1.85 bits per heavy atom. The predicted molar refractivity (Wildman–Crippen MR) is 107 cm³/mol. The highest BCUT2D eigenvalue weighted by Crippen LogP contribution is 2.27. The van der Waals surface area contributed by atoms with Crippen LogP contribution in [0.1, 0.15) is 22.5 Å². The summed E-state index contributed by atoms with van der Waals surface area (Å²) >= 11 is 11.4. The molecule has 7 heteroatoms. The third-order valence-electron chi connectivity index (χ3n) is 4.63. The largest absolute Gasteiger partial charge is 0.352 e. The van der Waals surface area contributed by atoms with Gasteiger partial charge in [0.15, 0.2) is 5.11 Å². The van der Waals surface area contributed by atoms with Crippen molar-refractivity contribution in [3.8, 4) is 0 Å². The zero-order chi connectivity index (χ0) is 19.2. The van der Waals surface area contributed by atoms with Gasteiger partial charge in [0.25, 0.3) is 11.8 Å². The van der Waals surface area contributed by atoms with E-state index in [1.54, 1.807) is 24.3 Å². The molecule has 0 bridgehead atoms. The average molecular weight is 388 g/mol. The number of aromatic nitrogens is 1. The number of carbonyl (C=O) groups excluding carboxylic acids is 2. The van der Waals surface area contributed by atoms with Crippen molar-refractivity contribution < 1.29 is 9.59 Å². The Kier molecular flexibility index (Phi) is 4.73. The van der Waals surface area contributed by atoms with Gasteiger partial charge >= 0.3 is 0 Å². The van der Waals surface area contributed by atoms with Gasteiger partial charge in [0.05, 0.1) is 5.69 Å². The molecule has 0 atom stereocenters. The third-order valence-corrected chi connectivity index (χ3v) is 5.32. The van der Waals surface area contributed by atoms with E-state index in [9.17, 15) is 9.59 Å². The molecule has 1 aromatic heterocycles. The Morgan fingerprint density at radius 1 is 1.15 bits per heavy atom. The number of carbonyl (C=O) groups is 2. The summed E-state index contributed by atoms with van der Waals surface area (Å²) in [6.07, 6.45) is 1.60. The summed E-state index contributed by atoms with van der Waals surface area (Å²) in [5, 5.41) is 3.15. The third kappa shape index (κ3) is 3.06. The van der Waals surface area contributed by atoms with Crippen molar-refractivity contribution in [3.05, 3.63) is 57.4 Å². The number of aryl methyl sites for hydroxylation is 2. The van der Waals surface area contributed by atoms with Crippen LogP contribution >= 0.6 is 23.8 Å². The Labute approximate surface area is 162 Å². The van der Waals surface area contributed by atoms with Gasteiger partial charge in [-0.25, -0.2) is 0 Å². The molecule has 2 aromatic rings. The van der Waals surface area contributed by atoms with Crippen LogP contribution in [0.25, 0.3) is 6.08 Å². The molecule has 3 rings (SSSR count). The first kappa shape index (κ1) is 18.4. The van der Waals surface area contributed by atoms with Crippen molar-refractivity contribution in [1.29, 1.82) is 0 Å². The molecular formula is C19H18ClN3O2S. The van der Waals surface area contributed by atoms with Crippen molar-refractivity contribution in [1.82, 2.24) is 9.88 Å². The lowest BCUT2D eigenvalue weighted by Gasteiger charge is -2.29. The first-order valence-electron chi connectivity index (χ1n) is 8.01. The first-order chi connectivity index (χ1) is 12.2. The number of benzene rings is 1. The lowest BCUT2D eigenvalue weighted by Crippen LogP contribution is -2.54. The molecule has 0 spiro atoms. The molecule has 1 saturated heterocycles. The van der Waals surface area contributed by atoms with Crippen LogP contribution in [-0.2, 0) is 16.6 Å². The SMILES string of the molecule is Cc1ccc(N2C(=O)/C(=C/c3cc(C)n(C)c3C)C(=O)NC2=S)cc1Cl. The van der Waals surface area contributed by atoms with E-state index in [1.807, 2.05) is 38.5 Å². The van der Waals surface area contributed by atoms with Crippen molar-refractivity contribution >= 4 is 52.5 Å². The second-order valence-corrected chi connectivity index (χ2v) is 7.07. The second-order valence-electron chi connectivity index (χ2n) is 6.28. The maximum atomic E-state index is 13.0. The van der Waals surface area contributed by atoms with Crippen LogP contribution < -0.4 is 10.2 Å². The van der Waals surface area contributed by atoms with Crippen LogP contribution in [-0.4, -0.2) is 21.5 Å². The fourth-order valence-electron chi connectivity index (χ4n) is 2.80. The van der Waals surface area contributed by atoms with Crippen molar-refractivity contribution in [2.75, 3.05) is 4.90 Å². The number of amides is 2. The number of hydrogen-bond donors (Lipinski definition) is 1. The van der Waals surface area contributed by atoms with E-state index in [0.29, 0.717) is 10.7 Å². The molecule has 26 heavy (non-hydrogen) atoms. The normalized spacial score (nSPS) is 16.4. The molecular weight excluding hydrogens is 370 g/mol. The van der Waals surface area contributed by atoms with Gasteiger partial charge < -0.3 is 4.57 Å². The van der Waals surface area contributed by atoms with Crippen molar-refractivity contribution in [3.63, 3.8) is 0 Å². The Morgan fingerprint density at radius 3 is 2.42 bits per heavy atom. The summed E-state index contributed by atoms with van der Waals surface area (Å²) in [6.45, 7) is 5.77. The summed E-state index contributed by atoms with van der Waals surface area (Å²) < 4.78 is 2.00. The maximum Gasteiger partial charge on any atom is 0.270 e. The maximum absolute atomic E-state index is 13.0. The second kappa shape index (κ2) is 6.70. The lowest BCUT2D eigenvalue weighted by atomic mass is 10.1. The molecule has 5 nitrogen and oxygen atoms in total. The number of anilines is 1. The minimum atomic E-state index is -0.504. The van der Waals surface area contributed by atoms with Crippen LogP contribution in [0.3, 0.4) is 0 Å². The van der Waals surface area contributed by atoms with E-state index in [-0.39, 0.29) is 10.7 Å². The topological polar surface area (TPSA) is 54.3 Å². The number of halogens is 1. The number of thiocarbonyl (C=S) groups is 1. The number of nitrogens with zero attached hydrogens (tertiary/aromatic N) is 2. The number of hydrogen-bond acceptors (Lipinski definition) is 3. The Bertz CT molecular complexity index is 991. The van der Waals surface area contributed by atoms with Gasteiger partial charge in [-0.05, 0) is 68.4 Å². The van der Waals surface area contributed by atoms with Crippen molar-refractivity contribution in [2.24, 2.45) is 7.05 Å². The summed E-state index contributed by atoms with van der Waals surface area (Å²) in [5.41, 5.74) is 4.26. The Hall–Kier alpha value is -2.44. The van der Waals surface area contributed by atoms with Gasteiger partial charge in [-0.15, -0.1) is 0 Å². The summed E-state index contributed by atoms with van der Waals surface area (Å²) in [7, 11) is 1.94. The quantitative estimate of drug-likeness (QED) is 0.488. The molecule has 1 aromatic carbocycles. The minimum Gasteiger partial charge on any atom is -0.352 e. The molecule has 2 amide bonds. The fraction of sp³-hybridized carbons (Fsp3) is 0.211. The number of rotatable bonds is 2. The highest BCUT2D eigenvalue weighted by molar-refractivity contribution is 7.80. The summed E-state index contributed by atoms with van der Waals surface area (Å²) in [4.78, 5) is 26.7. The van der Waals surface area contributed by atoms with Gasteiger partial charge in [0.1, 0.15) is 5.57 Å². The van der Waals surface area contributed by atoms with Crippen LogP contribution in [0.4, 0.5) is 5.69 Å². The van der Waals surface area contributed by atoms with Gasteiger partial charge in [0, 0.05) is 23.5 Å². The highest BCUT2D eigenvalue weighted by Gasteiger charge is 2.34. The van der Waals surface area contributed by atoms with E-state index < -0.39 is 11.8 Å². The smallest absolute Gasteiger partial charge is 0.270 e. The molecule has 1 aliphatic rings. The van der Waals surface area contributed by atoms with Crippen LogP contribution in [0.5, 0.6) is 0 Å². The molecule has 0 aliphatic carbocycles. The predicted octanol–water partition coefficient (Wildman–Crippen LogP) is 3.44.